The van der Waals surface area contributed by atoms with E-state index in [0.717, 1.165) is 34.7 Å². The standard InChI is InChI=1S/C14H19BrClN/c1-2-10-5-6-14(17,8-10)9-11-3-4-12(15)7-13(11)16/h3-4,7,10H,2,5-6,8-9,17H2,1H3. The van der Waals surface area contributed by atoms with E-state index in [9.17, 15) is 0 Å². The summed E-state index contributed by atoms with van der Waals surface area (Å²) in [6, 6.07) is 6.07. The van der Waals surface area contributed by atoms with E-state index in [1.165, 1.54) is 18.4 Å². The first kappa shape index (κ1) is 13.4. The molecule has 0 spiro atoms. The van der Waals surface area contributed by atoms with Crippen molar-refractivity contribution in [1.29, 1.82) is 0 Å². The van der Waals surface area contributed by atoms with Crippen LogP contribution in [-0.4, -0.2) is 5.54 Å². The molecule has 2 rings (SSSR count). The summed E-state index contributed by atoms with van der Waals surface area (Å²) in [5.41, 5.74) is 7.63. The molecule has 0 bridgehead atoms. The molecule has 0 amide bonds. The molecule has 0 saturated heterocycles. The van der Waals surface area contributed by atoms with Gasteiger partial charge < -0.3 is 5.73 Å². The SMILES string of the molecule is CCC1CCC(N)(Cc2ccc(Br)cc2Cl)C1. The van der Waals surface area contributed by atoms with Crippen molar-refractivity contribution in [3.05, 3.63) is 33.3 Å². The number of nitrogens with two attached hydrogens (primary N) is 1. The molecular weight excluding hydrogens is 298 g/mol. The van der Waals surface area contributed by atoms with Crippen LogP contribution in [0.1, 0.15) is 38.2 Å². The van der Waals surface area contributed by atoms with Crippen LogP contribution in [0.4, 0.5) is 0 Å². The summed E-state index contributed by atoms with van der Waals surface area (Å²) in [5.74, 6) is 0.800. The van der Waals surface area contributed by atoms with Crippen molar-refractivity contribution in [1.82, 2.24) is 0 Å². The van der Waals surface area contributed by atoms with Gasteiger partial charge in [0.2, 0.25) is 0 Å². The topological polar surface area (TPSA) is 26.0 Å². The third kappa shape index (κ3) is 3.24. The van der Waals surface area contributed by atoms with Crippen molar-refractivity contribution in [2.75, 3.05) is 0 Å². The highest BCUT2D eigenvalue weighted by Crippen LogP contribution is 2.38. The molecule has 2 unspecified atom stereocenters. The van der Waals surface area contributed by atoms with Gasteiger partial charge in [-0.15, -0.1) is 0 Å². The van der Waals surface area contributed by atoms with Gasteiger partial charge in [-0.3, -0.25) is 0 Å². The predicted molar refractivity (Wildman–Crippen MR) is 77.4 cm³/mol. The first-order chi connectivity index (χ1) is 8.02. The fourth-order valence-corrected chi connectivity index (χ4v) is 3.56. The van der Waals surface area contributed by atoms with Crippen molar-refractivity contribution in [2.45, 2.75) is 44.6 Å². The number of hydrogen-bond donors (Lipinski definition) is 1. The number of rotatable bonds is 3. The van der Waals surface area contributed by atoms with Crippen LogP contribution in [0.25, 0.3) is 0 Å². The first-order valence-electron chi connectivity index (χ1n) is 6.25. The van der Waals surface area contributed by atoms with Gasteiger partial charge in [0.25, 0.3) is 0 Å². The van der Waals surface area contributed by atoms with Crippen LogP contribution in [0.15, 0.2) is 22.7 Å². The second kappa shape index (κ2) is 5.29. The minimum absolute atomic E-state index is 0.0435. The van der Waals surface area contributed by atoms with Crippen molar-refractivity contribution in [3.8, 4) is 0 Å². The molecule has 1 aromatic rings. The largest absolute Gasteiger partial charge is 0.325 e. The summed E-state index contributed by atoms with van der Waals surface area (Å²) in [7, 11) is 0. The Morgan fingerprint density at radius 1 is 1.53 bits per heavy atom. The average molecular weight is 317 g/mol. The molecule has 1 saturated carbocycles. The fraction of sp³-hybridized carbons (Fsp3) is 0.571. The molecule has 94 valence electrons. The van der Waals surface area contributed by atoms with Crippen molar-refractivity contribution < 1.29 is 0 Å². The van der Waals surface area contributed by atoms with Gasteiger partial charge in [0.1, 0.15) is 0 Å². The Labute approximate surface area is 117 Å². The minimum atomic E-state index is -0.0435. The van der Waals surface area contributed by atoms with Crippen molar-refractivity contribution >= 4 is 27.5 Å². The third-order valence-electron chi connectivity index (χ3n) is 3.88. The van der Waals surface area contributed by atoms with Gasteiger partial charge in [0.05, 0.1) is 0 Å². The predicted octanol–water partition coefficient (Wildman–Crippen LogP) is 4.55. The summed E-state index contributed by atoms with van der Waals surface area (Å²) >= 11 is 9.68. The maximum Gasteiger partial charge on any atom is 0.0449 e. The van der Waals surface area contributed by atoms with Crippen LogP contribution < -0.4 is 5.73 Å². The van der Waals surface area contributed by atoms with Crippen LogP contribution in [0.2, 0.25) is 5.02 Å². The second-order valence-corrected chi connectivity index (χ2v) is 6.61. The molecule has 0 aromatic heterocycles. The normalized spacial score (nSPS) is 28.6. The zero-order valence-corrected chi connectivity index (χ0v) is 12.5. The lowest BCUT2D eigenvalue weighted by atomic mass is 9.89. The number of benzene rings is 1. The summed E-state index contributed by atoms with van der Waals surface area (Å²) in [4.78, 5) is 0. The molecule has 2 N–H and O–H groups in total. The molecule has 2 atom stereocenters. The Hall–Kier alpha value is -0.0500. The summed E-state index contributed by atoms with van der Waals surface area (Å²) in [6.45, 7) is 2.25. The minimum Gasteiger partial charge on any atom is -0.325 e. The number of halogens is 2. The van der Waals surface area contributed by atoms with E-state index in [-0.39, 0.29) is 5.54 Å². The van der Waals surface area contributed by atoms with E-state index in [1.54, 1.807) is 0 Å². The second-order valence-electron chi connectivity index (χ2n) is 5.29. The lowest BCUT2D eigenvalue weighted by molar-refractivity contribution is 0.407. The monoisotopic (exact) mass is 315 g/mol. The molecule has 0 aliphatic heterocycles. The van der Waals surface area contributed by atoms with E-state index < -0.39 is 0 Å². The maximum atomic E-state index is 6.49. The van der Waals surface area contributed by atoms with Crippen LogP contribution >= 0.6 is 27.5 Å². The Bertz CT molecular complexity index is 407. The molecule has 3 heteroatoms. The highest BCUT2D eigenvalue weighted by atomic mass is 79.9. The molecule has 1 aromatic carbocycles. The van der Waals surface area contributed by atoms with Gasteiger partial charge >= 0.3 is 0 Å². The van der Waals surface area contributed by atoms with E-state index >= 15 is 0 Å². The van der Waals surface area contributed by atoms with E-state index in [1.807, 2.05) is 12.1 Å². The van der Waals surface area contributed by atoms with Crippen molar-refractivity contribution in [3.63, 3.8) is 0 Å². The molecule has 1 nitrogen and oxygen atoms in total. The fourth-order valence-electron chi connectivity index (χ4n) is 2.82. The molecule has 0 heterocycles. The van der Waals surface area contributed by atoms with E-state index in [2.05, 4.69) is 28.9 Å². The van der Waals surface area contributed by atoms with Crippen LogP contribution in [0.3, 0.4) is 0 Å². The van der Waals surface area contributed by atoms with E-state index in [4.69, 9.17) is 17.3 Å². The Morgan fingerprint density at radius 3 is 2.88 bits per heavy atom. The third-order valence-corrected chi connectivity index (χ3v) is 4.73. The lowest BCUT2D eigenvalue weighted by Gasteiger charge is -2.25. The summed E-state index contributed by atoms with van der Waals surface area (Å²) in [6.07, 6.45) is 5.66. The molecule has 0 radical (unpaired) electrons. The summed E-state index contributed by atoms with van der Waals surface area (Å²) < 4.78 is 1.02. The lowest BCUT2D eigenvalue weighted by Crippen LogP contribution is -2.39. The summed E-state index contributed by atoms with van der Waals surface area (Å²) in [5, 5.41) is 0.823. The smallest absolute Gasteiger partial charge is 0.0449 e. The molecular formula is C14H19BrClN. The van der Waals surface area contributed by atoms with Crippen LogP contribution in [-0.2, 0) is 6.42 Å². The molecule has 1 aliphatic rings. The molecule has 1 aliphatic carbocycles. The van der Waals surface area contributed by atoms with Gasteiger partial charge in [0.15, 0.2) is 0 Å². The highest BCUT2D eigenvalue weighted by molar-refractivity contribution is 9.10. The zero-order valence-electron chi connectivity index (χ0n) is 10.2. The van der Waals surface area contributed by atoms with E-state index in [0.29, 0.717) is 0 Å². The van der Waals surface area contributed by atoms with Gasteiger partial charge in [-0.2, -0.15) is 0 Å². The zero-order chi connectivity index (χ0) is 12.5. The van der Waals surface area contributed by atoms with Gasteiger partial charge in [-0.25, -0.2) is 0 Å². The van der Waals surface area contributed by atoms with Gasteiger partial charge in [0, 0.05) is 15.0 Å². The van der Waals surface area contributed by atoms with Crippen LogP contribution in [0.5, 0.6) is 0 Å². The number of hydrogen-bond acceptors (Lipinski definition) is 1. The molecule has 17 heavy (non-hydrogen) atoms. The van der Waals surface area contributed by atoms with Gasteiger partial charge in [-0.05, 0) is 49.3 Å². The molecule has 1 fully saturated rings. The maximum absolute atomic E-state index is 6.49. The van der Waals surface area contributed by atoms with Crippen molar-refractivity contribution in [2.24, 2.45) is 11.7 Å². The Balaban J connectivity index is 2.10. The quantitative estimate of drug-likeness (QED) is 0.869. The highest BCUT2D eigenvalue weighted by Gasteiger charge is 2.35. The first-order valence-corrected chi connectivity index (χ1v) is 7.42. The Morgan fingerprint density at radius 2 is 2.29 bits per heavy atom. The Kier molecular flexibility index (Phi) is 4.17. The average Bonchev–Trinajstić information content (AvgIpc) is 2.65. The van der Waals surface area contributed by atoms with Crippen LogP contribution in [0, 0.1) is 5.92 Å². The van der Waals surface area contributed by atoms with Gasteiger partial charge in [-0.1, -0.05) is 46.9 Å².